The van der Waals surface area contributed by atoms with Gasteiger partial charge in [0.2, 0.25) is 0 Å². The van der Waals surface area contributed by atoms with E-state index in [-0.39, 0.29) is 17.2 Å². The van der Waals surface area contributed by atoms with Crippen LogP contribution in [0.5, 0.6) is 5.75 Å². The Balaban J connectivity index is 1.75. The monoisotopic (exact) mass is 428 g/mol. The van der Waals surface area contributed by atoms with Crippen molar-refractivity contribution in [2.75, 3.05) is 13.7 Å². The number of H-pyrrole nitrogens is 1. The maximum absolute atomic E-state index is 13.9. The minimum absolute atomic E-state index is 0.115. The molecule has 0 radical (unpaired) electrons. The Hall–Kier alpha value is -2.93. The molecule has 2 aromatic carbocycles. The summed E-state index contributed by atoms with van der Waals surface area (Å²) in [6.45, 7) is 3.36. The largest absolute Gasteiger partial charge is 0.496 e. The van der Waals surface area contributed by atoms with Crippen molar-refractivity contribution in [3.63, 3.8) is 0 Å². The first kappa shape index (κ1) is 21.3. The Bertz CT molecular complexity index is 1110. The van der Waals surface area contributed by atoms with Crippen LogP contribution in [0.1, 0.15) is 64.3 Å². The number of hydrogen-bond acceptors (Lipinski definition) is 3. The number of halogens is 2. The van der Waals surface area contributed by atoms with Crippen molar-refractivity contribution in [1.82, 2.24) is 9.88 Å². The number of aromatic carboxylic acids is 1. The summed E-state index contributed by atoms with van der Waals surface area (Å²) in [4.78, 5) is 16.8. The zero-order valence-corrected chi connectivity index (χ0v) is 17.6. The molecule has 1 aliphatic heterocycles. The highest BCUT2D eigenvalue weighted by Gasteiger charge is 2.30. The fourth-order valence-corrected chi connectivity index (χ4v) is 4.72. The number of nitrogens with one attached hydrogen (secondary N) is 1. The van der Waals surface area contributed by atoms with Gasteiger partial charge in [0, 0.05) is 40.8 Å². The van der Waals surface area contributed by atoms with E-state index in [4.69, 9.17) is 4.74 Å². The van der Waals surface area contributed by atoms with Gasteiger partial charge in [0.25, 0.3) is 6.43 Å². The van der Waals surface area contributed by atoms with Gasteiger partial charge in [-0.2, -0.15) is 0 Å². The summed E-state index contributed by atoms with van der Waals surface area (Å²) in [5, 5.41) is 10.3. The molecule has 1 aromatic heterocycles. The maximum Gasteiger partial charge on any atom is 0.335 e. The molecule has 0 saturated carbocycles. The lowest BCUT2D eigenvalue weighted by atomic mass is 9.90. The average Bonchev–Trinajstić information content (AvgIpc) is 3.26. The van der Waals surface area contributed by atoms with Crippen LogP contribution in [0.25, 0.3) is 10.9 Å². The summed E-state index contributed by atoms with van der Waals surface area (Å²) in [6.07, 6.45) is 1.83. The number of aromatic amines is 1. The van der Waals surface area contributed by atoms with E-state index in [1.165, 1.54) is 6.07 Å². The fourth-order valence-electron chi connectivity index (χ4n) is 4.72. The summed E-state index contributed by atoms with van der Waals surface area (Å²) in [5.74, 6) is -0.419. The third-order valence-electron chi connectivity index (χ3n) is 6.23. The maximum atomic E-state index is 13.9. The molecule has 4 rings (SSSR count). The first-order valence-corrected chi connectivity index (χ1v) is 10.4. The number of rotatable bonds is 6. The Morgan fingerprint density at radius 1 is 1.29 bits per heavy atom. The molecule has 0 aliphatic carbocycles. The third-order valence-corrected chi connectivity index (χ3v) is 6.23. The van der Waals surface area contributed by atoms with Crippen LogP contribution < -0.4 is 4.74 Å². The number of carbonyl (C=O) groups is 1. The Morgan fingerprint density at radius 2 is 2.10 bits per heavy atom. The van der Waals surface area contributed by atoms with E-state index < -0.39 is 12.4 Å². The zero-order valence-electron chi connectivity index (χ0n) is 17.6. The number of likely N-dealkylation sites (tertiary alicyclic amines) is 1. The number of benzene rings is 2. The molecule has 7 heteroatoms. The number of aromatic nitrogens is 1. The predicted molar refractivity (Wildman–Crippen MR) is 115 cm³/mol. The predicted octanol–water partition coefficient (Wildman–Crippen LogP) is 5.85. The molecule has 3 aromatic rings. The Kier molecular flexibility index (Phi) is 5.96. The van der Waals surface area contributed by atoms with Gasteiger partial charge < -0.3 is 14.8 Å². The van der Waals surface area contributed by atoms with E-state index in [0.29, 0.717) is 12.1 Å². The van der Waals surface area contributed by atoms with Gasteiger partial charge in [0.1, 0.15) is 5.75 Å². The molecule has 5 nitrogen and oxygen atoms in total. The van der Waals surface area contributed by atoms with Crippen molar-refractivity contribution in [1.29, 1.82) is 0 Å². The molecular formula is C24H26F2N2O3. The van der Waals surface area contributed by atoms with Gasteiger partial charge in [-0.05, 0) is 61.7 Å². The number of hydrogen-bond donors (Lipinski definition) is 2. The second-order valence-corrected chi connectivity index (χ2v) is 8.07. The summed E-state index contributed by atoms with van der Waals surface area (Å²) < 4.78 is 33.4. The van der Waals surface area contributed by atoms with Crippen LogP contribution in [-0.2, 0) is 6.54 Å². The number of nitrogens with zero attached hydrogens (tertiary/aromatic N) is 1. The van der Waals surface area contributed by atoms with Gasteiger partial charge in [-0.15, -0.1) is 0 Å². The van der Waals surface area contributed by atoms with E-state index in [9.17, 15) is 18.7 Å². The number of methoxy groups -OCH3 is 1. The average molecular weight is 428 g/mol. The van der Waals surface area contributed by atoms with Crippen LogP contribution in [0.15, 0.2) is 36.5 Å². The van der Waals surface area contributed by atoms with Gasteiger partial charge in [0.05, 0.1) is 12.7 Å². The highest BCUT2D eigenvalue weighted by atomic mass is 19.3. The summed E-state index contributed by atoms with van der Waals surface area (Å²) in [6, 6.07) is 7.91. The highest BCUT2D eigenvalue weighted by Crippen LogP contribution is 2.40. The first-order valence-electron chi connectivity index (χ1n) is 10.4. The molecule has 164 valence electrons. The van der Waals surface area contributed by atoms with Crippen LogP contribution in [0.4, 0.5) is 8.78 Å². The number of carboxylic acid groups (broad SMARTS) is 1. The molecule has 0 bridgehead atoms. The second-order valence-electron chi connectivity index (χ2n) is 8.07. The molecule has 1 atom stereocenters. The number of fused-ring (bicyclic) bond motifs is 1. The van der Waals surface area contributed by atoms with E-state index in [1.807, 2.05) is 25.3 Å². The Labute approximate surface area is 179 Å². The molecular weight excluding hydrogens is 402 g/mol. The first-order chi connectivity index (χ1) is 14.9. The number of carboxylic acids is 1. The quantitative estimate of drug-likeness (QED) is 0.517. The van der Waals surface area contributed by atoms with Crippen molar-refractivity contribution < 1.29 is 23.4 Å². The smallest absolute Gasteiger partial charge is 0.335 e. The second kappa shape index (κ2) is 8.67. The lowest BCUT2D eigenvalue weighted by Crippen LogP contribution is -2.33. The van der Waals surface area contributed by atoms with Crippen LogP contribution in [0.3, 0.4) is 0 Å². The molecule has 0 spiro atoms. The topological polar surface area (TPSA) is 65.6 Å². The molecule has 1 saturated heterocycles. The molecule has 1 fully saturated rings. The normalized spacial score (nSPS) is 17.4. The van der Waals surface area contributed by atoms with Gasteiger partial charge in [-0.1, -0.05) is 12.5 Å². The lowest BCUT2D eigenvalue weighted by Gasteiger charge is -2.37. The molecule has 31 heavy (non-hydrogen) atoms. The Morgan fingerprint density at radius 3 is 2.81 bits per heavy atom. The molecule has 1 unspecified atom stereocenters. The SMILES string of the molecule is COc1cc(C)c2[nH]ccc2c1CN1CCCCC1c1ccc(C(=O)O)cc1C(F)F. The van der Waals surface area contributed by atoms with Gasteiger partial charge in [-0.3, -0.25) is 4.90 Å². The van der Waals surface area contributed by atoms with Crippen LogP contribution in [0.2, 0.25) is 0 Å². The summed E-state index contributed by atoms with van der Waals surface area (Å²) in [7, 11) is 1.64. The fraction of sp³-hybridized carbons (Fsp3) is 0.375. The van der Waals surface area contributed by atoms with E-state index in [0.717, 1.165) is 59.7 Å². The number of ether oxygens (including phenoxy) is 1. The van der Waals surface area contributed by atoms with E-state index in [2.05, 4.69) is 9.88 Å². The van der Waals surface area contributed by atoms with Gasteiger partial charge in [-0.25, -0.2) is 13.6 Å². The van der Waals surface area contributed by atoms with E-state index in [1.54, 1.807) is 13.2 Å². The van der Waals surface area contributed by atoms with Gasteiger partial charge >= 0.3 is 5.97 Å². The molecule has 1 aliphatic rings. The zero-order chi connectivity index (χ0) is 22.1. The number of alkyl halides is 2. The van der Waals surface area contributed by atoms with E-state index >= 15 is 0 Å². The molecule has 0 amide bonds. The van der Waals surface area contributed by atoms with Crippen LogP contribution in [0, 0.1) is 6.92 Å². The van der Waals surface area contributed by atoms with Crippen molar-refractivity contribution in [2.45, 2.75) is 45.2 Å². The molecule has 2 heterocycles. The van der Waals surface area contributed by atoms with Crippen molar-refractivity contribution in [3.8, 4) is 5.75 Å². The minimum Gasteiger partial charge on any atom is -0.496 e. The van der Waals surface area contributed by atoms with Crippen molar-refractivity contribution >= 4 is 16.9 Å². The van der Waals surface area contributed by atoms with Crippen LogP contribution >= 0.6 is 0 Å². The van der Waals surface area contributed by atoms with Gasteiger partial charge in [0.15, 0.2) is 0 Å². The van der Waals surface area contributed by atoms with Crippen molar-refractivity contribution in [2.24, 2.45) is 0 Å². The third kappa shape index (κ3) is 4.02. The number of piperidine rings is 1. The van der Waals surface area contributed by atoms with Crippen LogP contribution in [-0.4, -0.2) is 34.6 Å². The highest BCUT2D eigenvalue weighted by molar-refractivity contribution is 5.88. The number of aryl methyl sites for hydroxylation is 1. The lowest BCUT2D eigenvalue weighted by molar-refractivity contribution is 0.0696. The summed E-state index contributed by atoms with van der Waals surface area (Å²) >= 11 is 0. The van der Waals surface area contributed by atoms with Crippen molar-refractivity contribution in [3.05, 3.63) is 64.3 Å². The standard InChI is InChI=1S/C24H26F2N2O3/c1-14-11-21(31-2)19(17-8-9-27-22(14)17)13-28-10-4-3-5-20(28)16-7-6-15(24(29)30)12-18(16)23(25)26/h6-9,11-12,20,23,27H,3-5,10,13H2,1-2H3,(H,29,30). The minimum atomic E-state index is -2.73. The summed E-state index contributed by atoms with van der Waals surface area (Å²) in [5.41, 5.74) is 3.35. The molecule has 2 N–H and O–H groups in total.